The average Bonchev–Trinajstić information content (AvgIpc) is 2.49. The lowest BCUT2D eigenvalue weighted by molar-refractivity contribution is 1.03. The second kappa shape index (κ2) is 4.79. The van der Waals surface area contributed by atoms with E-state index in [1.807, 2.05) is 42.6 Å². The van der Waals surface area contributed by atoms with Gasteiger partial charge >= 0.3 is 0 Å². The number of hydrogen-bond acceptors (Lipinski definition) is 4. The number of rotatable bonds is 2. The van der Waals surface area contributed by atoms with Crippen LogP contribution in [0.3, 0.4) is 0 Å². The third kappa shape index (κ3) is 2.13. The molecule has 0 amide bonds. The van der Waals surface area contributed by atoms with Crippen molar-refractivity contribution < 1.29 is 0 Å². The zero-order valence-electron chi connectivity index (χ0n) is 9.77. The van der Waals surface area contributed by atoms with E-state index < -0.39 is 0 Å². The molecule has 2 aromatic heterocycles. The van der Waals surface area contributed by atoms with Gasteiger partial charge in [0.25, 0.3) is 0 Å². The zero-order chi connectivity index (χ0) is 12.2. The SMILES string of the molecule is C1=CN(c2ccccn2)CC(c2ccccn2)=N1. The van der Waals surface area contributed by atoms with Gasteiger partial charge in [0.15, 0.2) is 0 Å². The lowest BCUT2D eigenvalue weighted by atomic mass is 10.2. The van der Waals surface area contributed by atoms with Gasteiger partial charge in [0.1, 0.15) is 5.82 Å². The molecule has 3 rings (SSSR count). The molecule has 3 heterocycles. The van der Waals surface area contributed by atoms with E-state index in [4.69, 9.17) is 0 Å². The molecule has 1 aliphatic heterocycles. The first-order chi connectivity index (χ1) is 8.93. The molecule has 0 aromatic carbocycles. The van der Waals surface area contributed by atoms with E-state index in [1.165, 1.54) is 0 Å². The van der Waals surface area contributed by atoms with Crippen molar-refractivity contribution in [2.75, 3.05) is 11.4 Å². The minimum absolute atomic E-state index is 0.685. The van der Waals surface area contributed by atoms with E-state index in [2.05, 4.69) is 19.9 Å². The van der Waals surface area contributed by atoms with Crippen molar-refractivity contribution in [3.63, 3.8) is 0 Å². The third-order valence-electron chi connectivity index (χ3n) is 2.70. The van der Waals surface area contributed by atoms with Crippen LogP contribution in [-0.4, -0.2) is 22.2 Å². The second-order valence-corrected chi connectivity index (χ2v) is 3.90. The Labute approximate surface area is 105 Å². The van der Waals surface area contributed by atoms with Gasteiger partial charge in [-0.1, -0.05) is 12.1 Å². The molecule has 0 N–H and O–H groups in total. The highest BCUT2D eigenvalue weighted by Crippen LogP contribution is 2.14. The van der Waals surface area contributed by atoms with Crippen LogP contribution in [0.1, 0.15) is 5.69 Å². The monoisotopic (exact) mass is 236 g/mol. The molecule has 2 aromatic rings. The summed E-state index contributed by atoms with van der Waals surface area (Å²) < 4.78 is 0. The van der Waals surface area contributed by atoms with Crippen LogP contribution in [-0.2, 0) is 0 Å². The molecule has 0 bridgehead atoms. The van der Waals surface area contributed by atoms with Gasteiger partial charge in [-0.3, -0.25) is 9.98 Å². The Kier molecular flexibility index (Phi) is 2.84. The summed E-state index contributed by atoms with van der Waals surface area (Å²) in [5.41, 5.74) is 1.85. The van der Waals surface area contributed by atoms with Gasteiger partial charge < -0.3 is 4.90 Å². The molecule has 4 nitrogen and oxygen atoms in total. The number of aliphatic imine (C=N–C) groups is 1. The van der Waals surface area contributed by atoms with Crippen molar-refractivity contribution in [3.05, 3.63) is 66.9 Å². The fraction of sp³-hybridized carbons (Fsp3) is 0.0714. The first-order valence-corrected chi connectivity index (χ1v) is 5.76. The number of pyridine rings is 2. The van der Waals surface area contributed by atoms with E-state index in [0.29, 0.717) is 6.54 Å². The van der Waals surface area contributed by atoms with Gasteiger partial charge in [0, 0.05) is 24.8 Å². The van der Waals surface area contributed by atoms with Crippen molar-refractivity contribution in [2.45, 2.75) is 0 Å². The lowest BCUT2D eigenvalue weighted by Crippen LogP contribution is -2.28. The third-order valence-corrected chi connectivity index (χ3v) is 2.70. The van der Waals surface area contributed by atoms with Crippen LogP contribution in [0, 0.1) is 0 Å². The molecule has 0 atom stereocenters. The van der Waals surface area contributed by atoms with Crippen LogP contribution < -0.4 is 4.90 Å². The number of anilines is 1. The minimum atomic E-state index is 0.685. The predicted octanol–water partition coefficient (Wildman–Crippen LogP) is 2.26. The van der Waals surface area contributed by atoms with Gasteiger partial charge in [0.05, 0.1) is 18.0 Å². The Morgan fingerprint density at radius 3 is 2.50 bits per heavy atom. The van der Waals surface area contributed by atoms with Crippen LogP contribution in [0.5, 0.6) is 0 Å². The predicted molar refractivity (Wildman–Crippen MR) is 71.5 cm³/mol. The van der Waals surface area contributed by atoms with Crippen molar-refractivity contribution >= 4 is 11.5 Å². The van der Waals surface area contributed by atoms with Gasteiger partial charge in [-0.2, -0.15) is 0 Å². The topological polar surface area (TPSA) is 41.4 Å². The smallest absolute Gasteiger partial charge is 0.132 e. The Bertz CT molecular complexity index is 575. The quantitative estimate of drug-likeness (QED) is 0.803. The van der Waals surface area contributed by atoms with Crippen LogP contribution >= 0.6 is 0 Å². The van der Waals surface area contributed by atoms with Crippen molar-refractivity contribution in [2.24, 2.45) is 4.99 Å². The number of hydrogen-bond donors (Lipinski definition) is 0. The molecular weight excluding hydrogens is 224 g/mol. The first-order valence-electron chi connectivity index (χ1n) is 5.76. The summed E-state index contributed by atoms with van der Waals surface area (Å²) in [5, 5.41) is 0. The summed E-state index contributed by atoms with van der Waals surface area (Å²) in [6, 6.07) is 11.7. The van der Waals surface area contributed by atoms with E-state index in [-0.39, 0.29) is 0 Å². The molecule has 0 radical (unpaired) electrons. The largest absolute Gasteiger partial charge is 0.325 e. The maximum Gasteiger partial charge on any atom is 0.132 e. The normalized spacial score (nSPS) is 14.4. The molecule has 88 valence electrons. The molecule has 0 aliphatic carbocycles. The molecule has 0 spiro atoms. The standard InChI is InChI=1S/C14H12N4/c1-3-7-15-12(5-1)13-11-18(10-9-16-13)14-6-2-4-8-17-14/h1-10H,11H2. The highest BCUT2D eigenvalue weighted by atomic mass is 15.2. The van der Waals surface area contributed by atoms with Crippen molar-refractivity contribution in [1.82, 2.24) is 9.97 Å². The number of nitrogens with zero attached hydrogens (tertiary/aromatic N) is 4. The Balaban J connectivity index is 1.85. The molecule has 4 heteroatoms. The van der Waals surface area contributed by atoms with E-state index in [0.717, 1.165) is 17.2 Å². The summed E-state index contributed by atoms with van der Waals surface area (Å²) in [6.07, 6.45) is 7.27. The molecule has 0 fully saturated rings. The first kappa shape index (κ1) is 10.7. The maximum absolute atomic E-state index is 4.38. The lowest BCUT2D eigenvalue weighted by Gasteiger charge is -2.22. The van der Waals surface area contributed by atoms with Gasteiger partial charge in [0.2, 0.25) is 0 Å². The maximum atomic E-state index is 4.38. The van der Waals surface area contributed by atoms with E-state index >= 15 is 0 Å². The van der Waals surface area contributed by atoms with Crippen LogP contribution in [0.25, 0.3) is 0 Å². The highest BCUT2D eigenvalue weighted by Gasteiger charge is 2.13. The Morgan fingerprint density at radius 1 is 0.944 bits per heavy atom. The summed E-state index contributed by atoms with van der Waals surface area (Å²) in [5.74, 6) is 0.914. The van der Waals surface area contributed by atoms with Gasteiger partial charge in [-0.25, -0.2) is 4.98 Å². The highest BCUT2D eigenvalue weighted by molar-refractivity contribution is 6.03. The molecule has 18 heavy (non-hydrogen) atoms. The summed E-state index contributed by atoms with van der Waals surface area (Å²) in [7, 11) is 0. The summed E-state index contributed by atoms with van der Waals surface area (Å²) in [6.45, 7) is 0.685. The van der Waals surface area contributed by atoms with Crippen LogP contribution in [0.4, 0.5) is 5.82 Å². The van der Waals surface area contributed by atoms with Crippen molar-refractivity contribution in [3.8, 4) is 0 Å². The molecule has 0 saturated carbocycles. The second-order valence-electron chi connectivity index (χ2n) is 3.90. The fourth-order valence-corrected chi connectivity index (χ4v) is 1.82. The molecular formula is C14H12N4. The van der Waals surface area contributed by atoms with Crippen LogP contribution in [0.15, 0.2) is 66.2 Å². The summed E-state index contributed by atoms with van der Waals surface area (Å²) in [4.78, 5) is 15.1. The Hall–Kier alpha value is -2.49. The fourth-order valence-electron chi connectivity index (χ4n) is 1.82. The van der Waals surface area contributed by atoms with Crippen LogP contribution in [0.2, 0.25) is 0 Å². The number of aromatic nitrogens is 2. The van der Waals surface area contributed by atoms with Crippen molar-refractivity contribution in [1.29, 1.82) is 0 Å². The molecule has 0 unspecified atom stereocenters. The average molecular weight is 236 g/mol. The van der Waals surface area contributed by atoms with E-state index in [9.17, 15) is 0 Å². The summed E-state index contributed by atoms with van der Waals surface area (Å²) >= 11 is 0. The van der Waals surface area contributed by atoms with E-state index in [1.54, 1.807) is 18.6 Å². The molecule has 1 aliphatic rings. The van der Waals surface area contributed by atoms with Gasteiger partial charge in [-0.15, -0.1) is 0 Å². The Morgan fingerprint density at radius 2 is 1.78 bits per heavy atom. The zero-order valence-corrected chi connectivity index (χ0v) is 9.77. The molecule has 0 saturated heterocycles. The van der Waals surface area contributed by atoms with Gasteiger partial charge in [-0.05, 0) is 24.3 Å². The minimum Gasteiger partial charge on any atom is -0.325 e.